The highest BCUT2D eigenvalue weighted by molar-refractivity contribution is 5.86. The summed E-state index contributed by atoms with van der Waals surface area (Å²) in [6.45, 7) is 5.94. The number of hydrogen-bond acceptors (Lipinski definition) is 4. The predicted molar refractivity (Wildman–Crippen MR) is 109 cm³/mol. The second-order valence-electron chi connectivity index (χ2n) is 7.54. The number of rotatable bonds is 10. The molecule has 0 aliphatic rings. The van der Waals surface area contributed by atoms with Crippen molar-refractivity contribution in [2.75, 3.05) is 0 Å². The Labute approximate surface area is 179 Å². The third kappa shape index (κ3) is 12.6. The lowest BCUT2D eigenvalue weighted by Gasteiger charge is -2.15. The van der Waals surface area contributed by atoms with Gasteiger partial charge in [0.25, 0.3) is 0 Å². The van der Waals surface area contributed by atoms with Crippen molar-refractivity contribution in [3.63, 3.8) is 0 Å². The van der Waals surface area contributed by atoms with Crippen LogP contribution < -0.4 is 11.1 Å². The standard InChI is InChI=1S/C15H18F3NO3.C6H13NO2/c1-2-3-10-4-6-11(7-5-10)8-9-12(13(20)21)19-14(22)15(16,17)18;1-4(2)3-5(7)6(8)9/h4-7,12H,2-3,8-9H2,1H3,(H,19,22)(H,20,21);4-5H,3,7H2,1-2H3,(H,8,9)/t12-;/m0./s1. The van der Waals surface area contributed by atoms with Gasteiger partial charge in [0.15, 0.2) is 0 Å². The highest BCUT2D eigenvalue weighted by atomic mass is 19.4. The molecular formula is C21H31F3N2O5. The van der Waals surface area contributed by atoms with Crippen molar-refractivity contribution in [1.29, 1.82) is 0 Å². The number of aryl methyl sites for hydroxylation is 2. The molecule has 0 fully saturated rings. The number of amides is 1. The van der Waals surface area contributed by atoms with Crippen molar-refractivity contribution in [1.82, 2.24) is 5.32 Å². The van der Waals surface area contributed by atoms with Gasteiger partial charge < -0.3 is 21.3 Å². The average Bonchev–Trinajstić information content (AvgIpc) is 2.65. The molecule has 1 aromatic carbocycles. The van der Waals surface area contributed by atoms with Gasteiger partial charge in [0.2, 0.25) is 0 Å². The summed E-state index contributed by atoms with van der Waals surface area (Å²) in [7, 11) is 0. The number of nitrogens with two attached hydrogens (primary N) is 1. The topological polar surface area (TPSA) is 130 Å². The summed E-state index contributed by atoms with van der Waals surface area (Å²) >= 11 is 0. The maximum Gasteiger partial charge on any atom is 0.471 e. The fraction of sp³-hybridized carbons (Fsp3) is 0.571. The van der Waals surface area contributed by atoms with Gasteiger partial charge in [-0.15, -0.1) is 0 Å². The molecule has 0 saturated carbocycles. The van der Waals surface area contributed by atoms with Crippen LogP contribution in [-0.4, -0.2) is 46.3 Å². The number of hydrogen-bond donors (Lipinski definition) is 4. The molecule has 0 aromatic heterocycles. The molecule has 0 radical (unpaired) electrons. The number of nitrogens with one attached hydrogen (secondary N) is 1. The van der Waals surface area contributed by atoms with Gasteiger partial charge in [-0.05, 0) is 42.7 Å². The van der Waals surface area contributed by atoms with E-state index in [1.807, 2.05) is 38.1 Å². The molecule has 7 nitrogen and oxygen atoms in total. The minimum absolute atomic E-state index is 0.107. The Morgan fingerprint density at radius 3 is 1.81 bits per heavy atom. The van der Waals surface area contributed by atoms with Crippen LogP contribution in [0.5, 0.6) is 0 Å². The number of benzene rings is 1. The van der Waals surface area contributed by atoms with Crippen molar-refractivity contribution in [3.8, 4) is 0 Å². The lowest BCUT2D eigenvalue weighted by Crippen LogP contribution is -2.47. The third-order valence-corrected chi connectivity index (χ3v) is 4.19. The first-order chi connectivity index (χ1) is 14.3. The summed E-state index contributed by atoms with van der Waals surface area (Å²) in [5, 5.41) is 18.7. The molecule has 176 valence electrons. The highest BCUT2D eigenvalue weighted by Gasteiger charge is 2.40. The molecule has 10 heteroatoms. The number of carbonyl (C=O) groups is 3. The van der Waals surface area contributed by atoms with E-state index in [1.54, 1.807) is 0 Å². The number of halogens is 3. The molecule has 0 spiro atoms. The van der Waals surface area contributed by atoms with Gasteiger partial charge in [-0.2, -0.15) is 13.2 Å². The van der Waals surface area contributed by atoms with Crippen LogP contribution in [0.3, 0.4) is 0 Å². The Balaban J connectivity index is 0.000000842. The normalized spacial score (nSPS) is 13.0. The number of carbonyl (C=O) groups excluding carboxylic acids is 1. The smallest absolute Gasteiger partial charge is 0.471 e. The first kappa shape index (κ1) is 28.4. The second-order valence-corrected chi connectivity index (χ2v) is 7.54. The molecule has 1 aromatic rings. The zero-order valence-electron chi connectivity index (χ0n) is 17.9. The van der Waals surface area contributed by atoms with Crippen molar-refractivity contribution in [3.05, 3.63) is 35.4 Å². The molecule has 2 atom stereocenters. The summed E-state index contributed by atoms with van der Waals surface area (Å²) in [5.41, 5.74) is 7.18. The van der Waals surface area contributed by atoms with E-state index in [1.165, 1.54) is 5.32 Å². The van der Waals surface area contributed by atoms with E-state index in [-0.39, 0.29) is 12.8 Å². The van der Waals surface area contributed by atoms with Gasteiger partial charge in [-0.3, -0.25) is 9.59 Å². The molecule has 31 heavy (non-hydrogen) atoms. The maximum absolute atomic E-state index is 12.1. The maximum atomic E-state index is 12.1. The number of aliphatic carboxylic acids is 2. The van der Waals surface area contributed by atoms with Crippen molar-refractivity contribution in [2.24, 2.45) is 11.7 Å². The quantitative estimate of drug-likeness (QED) is 0.435. The number of carboxylic acids is 2. The lowest BCUT2D eigenvalue weighted by atomic mass is 10.0. The molecule has 1 unspecified atom stereocenters. The number of carboxylic acid groups (broad SMARTS) is 2. The summed E-state index contributed by atoms with van der Waals surface area (Å²) < 4.78 is 36.4. The highest BCUT2D eigenvalue weighted by Crippen LogP contribution is 2.16. The van der Waals surface area contributed by atoms with Crippen molar-refractivity contribution >= 4 is 17.8 Å². The molecule has 5 N–H and O–H groups in total. The van der Waals surface area contributed by atoms with Crippen molar-refractivity contribution in [2.45, 2.75) is 71.1 Å². The van der Waals surface area contributed by atoms with Crippen molar-refractivity contribution < 1.29 is 37.8 Å². The summed E-state index contributed by atoms with van der Waals surface area (Å²) in [4.78, 5) is 31.9. The van der Waals surface area contributed by atoms with Gasteiger partial charge in [0.05, 0.1) is 0 Å². The minimum Gasteiger partial charge on any atom is -0.480 e. The van der Waals surface area contributed by atoms with Gasteiger partial charge >= 0.3 is 24.0 Å². The van der Waals surface area contributed by atoms with E-state index >= 15 is 0 Å². The van der Waals surface area contributed by atoms with Crippen LogP contribution in [0.4, 0.5) is 13.2 Å². The van der Waals surface area contributed by atoms with E-state index in [4.69, 9.17) is 15.9 Å². The number of alkyl halides is 3. The second kappa shape index (κ2) is 13.6. The zero-order chi connectivity index (χ0) is 24.2. The molecule has 0 bridgehead atoms. The van der Waals surface area contributed by atoms with Gasteiger partial charge in [-0.25, -0.2) is 4.79 Å². The molecule has 0 aliphatic heterocycles. The predicted octanol–water partition coefficient (Wildman–Crippen LogP) is 3.15. The Kier molecular flexibility index (Phi) is 12.5. The van der Waals surface area contributed by atoms with Gasteiger partial charge in [0.1, 0.15) is 12.1 Å². The molecular weight excluding hydrogens is 417 g/mol. The first-order valence-electron chi connectivity index (χ1n) is 9.94. The van der Waals surface area contributed by atoms with Crippen LogP contribution in [-0.2, 0) is 27.2 Å². The van der Waals surface area contributed by atoms with Crippen LogP contribution in [0.25, 0.3) is 0 Å². The summed E-state index contributed by atoms with van der Waals surface area (Å²) in [6, 6.07) is 5.19. The lowest BCUT2D eigenvalue weighted by molar-refractivity contribution is -0.175. The Hall–Kier alpha value is -2.62. The van der Waals surface area contributed by atoms with Crippen LogP contribution in [0.15, 0.2) is 24.3 Å². The molecule has 0 saturated heterocycles. The fourth-order valence-corrected chi connectivity index (χ4v) is 2.58. The molecule has 1 amide bonds. The molecule has 0 aliphatic carbocycles. The zero-order valence-corrected chi connectivity index (χ0v) is 17.9. The third-order valence-electron chi connectivity index (χ3n) is 4.19. The Morgan fingerprint density at radius 1 is 1.00 bits per heavy atom. The van der Waals surface area contributed by atoms with E-state index in [0.29, 0.717) is 12.3 Å². The van der Waals surface area contributed by atoms with E-state index in [0.717, 1.165) is 24.0 Å². The van der Waals surface area contributed by atoms with Crippen LogP contribution in [0.2, 0.25) is 0 Å². The van der Waals surface area contributed by atoms with Crippen LogP contribution in [0, 0.1) is 5.92 Å². The molecule has 0 heterocycles. The van der Waals surface area contributed by atoms with Gasteiger partial charge in [-0.1, -0.05) is 51.5 Å². The SMILES string of the molecule is CC(C)CC(N)C(=O)O.CCCc1ccc(CC[C@H](NC(=O)C(F)(F)F)C(=O)O)cc1. The van der Waals surface area contributed by atoms with Crippen LogP contribution >= 0.6 is 0 Å². The largest absolute Gasteiger partial charge is 0.480 e. The Bertz CT molecular complexity index is 706. The van der Waals surface area contributed by atoms with E-state index < -0.39 is 36.1 Å². The van der Waals surface area contributed by atoms with E-state index in [2.05, 4.69) is 6.92 Å². The fourth-order valence-electron chi connectivity index (χ4n) is 2.58. The van der Waals surface area contributed by atoms with E-state index in [9.17, 15) is 27.6 Å². The summed E-state index contributed by atoms with van der Waals surface area (Å²) in [6.07, 6.45) is -2.44. The minimum atomic E-state index is -5.09. The first-order valence-corrected chi connectivity index (χ1v) is 9.94. The molecule has 1 rings (SSSR count). The average molecular weight is 448 g/mol. The Morgan fingerprint density at radius 2 is 1.48 bits per heavy atom. The van der Waals surface area contributed by atoms with Gasteiger partial charge in [0, 0.05) is 0 Å². The van der Waals surface area contributed by atoms with Crippen LogP contribution in [0.1, 0.15) is 51.2 Å². The monoisotopic (exact) mass is 448 g/mol. The summed E-state index contributed by atoms with van der Waals surface area (Å²) in [5.74, 6) is -4.28.